The highest BCUT2D eigenvalue weighted by Gasteiger charge is 2.25. The van der Waals surface area contributed by atoms with Crippen LogP contribution in [0.25, 0.3) is 5.69 Å². The van der Waals surface area contributed by atoms with E-state index in [0.717, 1.165) is 25.3 Å². The van der Waals surface area contributed by atoms with Crippen LogP contribution in [0.5, 0.6) is 0 Å². The molecule has 6 nitrogen and oxygen atoms in total. The van der Waals surface area contributed by atoms with Gasteiger partial charge >= 0.3 is 0 Å². The maximum atomic E-state index is 3.96. The third kappa shape index (κ3) is 2.96. The largest absolute Gasteiger partial charge is 0.315 e. The van der Waals surface area contributed by atoms with E-state index in [1.807, 2.05) is 6.07 Å². The lowest BCUT2D eigenvalue weighted by Crippen LogP contribution is -2.38. The van der Waals surface area contributed by atoms with Crippen molar-refractivity contribution in [3.8, 4) is 5.69 Å². The van der Waals surface area contributed by atoms with Crippen LogP contribution in [-0.4, -0.2) is 50.8 Å². The number of aromatic nitrogens is 4. The maximum Gasteiger partial charge on any atom is 0.143 e. The second kappa shape index (κ2) is 6.32. The van der Waals surface area contributed by atoms with E-state index in [1.165, 1.54) is 12.0 Å². The van der Waals surface area contributed by atoms with Crippen LogP contribution in [0.2, 0.25) is 0 Å². The van der Waals surface area contributed by atoms with Crippen LogP contribution < -0.4 is 5.32 Å². The minimum atomic E-state index is 0.385. The highest BCUT2D eigenvalue weighted by molar-refractivity contribution is 5.35. The lowest BCUT2D eigenvalue weighted by atomic mass is 10.0. The van der Waals surface area contributed by atoms with Gasteiger partial charge < -0.3 is 5.32 Å². The Hall–Kier alpha value is -1.79. The van der Waals surface area contributed by atoms with Crippen molar-refractivity contribution < 1.29 is 0 Å². The predicted molar refractivity (Wildman–Crippen MR) is 81.2 cm³/mol. The summed E-state index contributed by atoms with van der Waals surface area (Å²) in [5.74, 6) is 0. The Morgan fingerprint density at radius 2 is 2.38 bits per heavy atom. The van der Waals surface area contributed by atoms with E-state index in [9.17, 15) is 0 Å². The van der Waals surface area contributed by atoms with Crippen molar-refractivity contribution >= 4 is 0 Å². The molecule has 2 unspecified atom stereocenters. The zero-order valence-electron chi connectivity index (χ0n) is 12.6. The number of benzene rings is 1. The molecule has 2 heterocycles. The summed E-state index contributed by atoms with van der Waals surface area (Å²) in [4.78, 5) is 2.57. The highest BCUT2D eigenvalue weighted by atomic mass is 15.5. The molecule has 1 aromatic carbocycles. The molecule has 3 rings (SSSR count). The van der Waals surface area contributed by atoms with Gasteiger partial charge in [0.05, 0.1) is 5.69 Å². The quantitative estimate of drug-likeness (QED) is 0.900. The van der Waals surface area contributed by atoms with Crippen LogP contribution in [0.1, 0.15) is 31.9 Å². The van der Waals surface area contributed by atoms with Crippen molar-refractivity contribution in [2.45, 2.75) is 32.4 Å². The van der Waals surface area contributed by atoms with E-state index in [4.69, 9.17) is 0 Å². The van der Waals surface area contributed by atoms with Gasteiger partial charge in [0, 0.05) is 18.6 Å². The average Bonchev–Trinajstić information content (AvgIpc) is 3.22. The van der Waals surface area contributed by atoms with E-state index in [-0.39, 0.29) is 0 Å². The summed E-state index contributed by atoms with van der Waals surface area (Å²) in [6, 6.07) is 9.47. The Kier molecular flexibility index (Phi) is 4.26. The molecular formula is C15H22N6. The predicted octanol–water partition coefficient (Wildman–Crippen LogP) is 1.41. The van der Waals surface area contributed by atoms with Crippen LogP contribution in [0, 0.1) is 0 Å². The Labute approximate surface area is 125 Å². The van der Waals surface area contributed by atoms with Crippen LogP contribution in [0.15, 0.2) is 30.6 Å². The van der Waals surface area contributed by atoms with Crippen LogP contribution in [-0.2, 0) is 0 Å². The molecule has 1 saturated heterocycles. The molecule has 0 radical (unpaired) electrons. The van der Waals surface area contributed by atoms with Crippen molar-refractivity contribution in [1.82, 2.24) is 30.4 Å². The Bertz CT molecular complexity index is 561. The van der Waals surface area contributed by atoms with Gasteiger partial charge in [-0.1, -0.05) is 19.1 Å². The molecule has 1 fully saturated rings. The molecule has 1 N–H and O–H groups in total. The van der Waals surface area contributed by atoms with Crippen molar-refractivity contribution in [3.63, 3.8) is 0 Å². The number of hydrogen-bond donors (Lipinski definition) is 1. The number of nitrogens with one attached hydrogen (secondary N) is 1. The summed E-state index contributed by atoms with van der Waals surface area (Å²) in [7, 11) is 0. The smallest absolute Gasteiger partial charge is 0.143 e. The molecule has 0 saturated carbocycles. The number of rotatable bonds is 5. The first-order valence-corrected chi connectivity index (χ1v) is 7.59. The molecule has 6 heteroatoms. The van der Waals surface area contributed by atoms with Crippen molar-refractivity contribution in [3.05, 3.63) is 36.2 Å². The first kappa shape index (κ1) is 14.2. The molecule has 1 aliphatic rings. The number of likely N-dealkylation sites (N-methyl/N-ethyl adjacent to an activating group) is 1. The van der Waals surface area contributed by atoms with Crippen LogP contribution in [0.4, 0.5) is 0 Å². The van der Waals surface area contributed by atoms with E-state index < -0.39 is 0 Å². The number of tetrazole rings is 1. The van der Waals surface area contributed by atoms with E-state index >= 15 is 0 Å². The monoisotopic (exact) mass is 286 g/mol. The molecular weight excluding hydrogens is 264 g/mol. The molecule has 21 heavy (non-hydrogen) atoms. The van der Waals surface area contributed by atoms with Gasteiger partial charge in [0.25, 0.3) is 0 Å². The van der Waals surface area contributed by atoms with Crippen LogP contribution >= 0.6 is 0 Å². The Morgan fingerprint density at radius 1 is 1.48 bits per heavy atom. The molecule has 2 atom stereocenters. The fourth-order valence-corrected chi connectivity index (χ4v) is 3.17. The van der Waals surface area contributed by atoms with E-state index in [0.29, 0.717) is 12.1 Å². The number of hydrogen-bond acceptors (Lipinski definition) is 5. The fraction of sp³-hybridized carbons (Fsp3) is 0.533. The third-order valence-corrected chi connectivity index (χ3v) is 4.33. The summed E-state index contributed by atoms with van der Waals surface area (Å²) < 4.78 is 1.70. The van der Waals surface area contributed by atoms with Gasteiger partial charge in [-0.3, -0.25) is 4.90 Å². The molecule has 0 spiro atoms. The van der Waals surface area contributed by atoms with Gasteiger partial charge in [-0.15, -0.1) is 5.10 Å². The molecule has 1 aromatic heterocycles. The molecule has 2 aromatic rings. The minimum absolute atomic E-state index is 0.385. The topological polar surface area (TPSA) is 58.9 Å². The summed E-state index contributed by atoms with van der Waals surface area (Å²) in [5.41, 5.74) is 2.31. The van der Waals surface area contributed by atoms with E-state index in [2.05, 4.69) is 57.8 Å². The van der Waals surface area contributed by atoms with Gasteiger partial charge in [0.2, 0.25) is 0 Å². The van der Waals surface area contributed by atoms with Gasteiger partial charge in [-0.25, -0.2) is 4.68 Å². The standard InChI is InChI=1S/C15H22N6/c1-3-20(15-7-8-16-10-15)12(2)13-5-4-6-14(9-13)21-11-17-18-19-21/h4-6,9,11-12,15-16H,3,7-8,10H2,1-2H3. The molecule has 0 aliphatic carbocycles. The minimum Gasteiger partial charge on any atom is -0.315 e. The molecule has 0 bridgehead atoms. The second-order valence-corrected chi connectivity index (χ2v) is 5.50. The van der Waals surface area contributed by atoms with Crippen molar-refractivity contribution in [2.75, 3.05) is 19.6 Å². The lowest BCUT2D eigenvalue weighted by Gasteiger charge is -2.33. The fourth-order valence-electron chi connectivity index (χ4n) is 3.17. The van der Waals surface area contributed by atoms with Gasteiger partial charge in [-0.2, -0.15) is 0 Å². The maximum absolute atomic E-state index is 3.96. The number of nitrogens with zero attached hydrogens (tertiary/aromatic N) is 5. The molecule has 1 aliphatic heterocycles. The Morgan fingerprint density at radius 3 is 3.05 bits per heavy atom. The zero-order chi connectivity index (χ0) is 14.7. The lowest BCUT2D eigenvalue weighted by molar-refractivity contribution is 0.162. The average molecular weight is 286 g/mol. The first-order valence-electron chi connectivity index (χ1n) is 7.59. The highest BCUT2D eigenvalue weighted by Crippen LogP contribution is 2.25. The SMILES string of the molecule is CCN(C1CCNC1)C(C)c1cccc(-n2cnnn2)c1. The molecule has 0 amide bonds. The summed E-state index contributed by atoms with van der Waals surface area (Å²) in [6.07, 6.45) is 2.85. The van der Waals surface area contributed by atoms with Crippen molar-refractivity contribution in [1.29, 1.82) is 0 Å². The summed E-state index contributed by atoms with van der Waals surface area (Å²) in [6.45, 7) is 7.78. The first-order chi connectivity index (χ1) is 10.3. The van der Waals surface area contributed by atoms with Gasteiger partial charge in [-0.05, 0) is 54.6 Å². The Balaban J connectivity index is 1.83. The van der Waals surface area contributed by atoms with Gasteiger partial charge in [0.15, 0.2) is 0 Å². The van der Waals surface area contributed by atoms with Gasteiger partial charge in [0.1, 0.15) is 6.33 Å². The second-order valence-electron chi connectivity index (χ2n) is 5.50. The van der Waals surface area contributed by atoms with Crippen molar-refractivity contribution in [2.24, 2.45) is 0 Å². The third-order valence-electron chi connectivity index (χ3n) is 4.33. The van der Waals surface area contributed by atoms with Crippen LogP contribution in [0.3, 0.4) is 0 Å². The normalized spacial score (nSPS) is 20.0. The molecule has 112 valence electrons. The zero-order valence-corrected chi connectivity index (χ0v) is 12.6. The summed E-state index contributed by atoms with van der Waals surface area (Å²) in [5, 5.41) is 14.8. The van der Waals surface area contributed by atoms with E-state index in [1.54, 1.807) is 11.0 Å². The summed E-state index contributed by atoms with van der Waals surface area (Å²) >= 11 is 0.